The molecule has 0 aliphatic heterocycles. The Morgan fingerprint density at radius 1 is 0.350 bits per heavy atom. The van der Waals surface area contributed by atoms with E-state index in [2.05, 4.69) is 0 Å². The largest absolute Gasteiger partial charge is 0.497 e. The van der Waals surface area contributed by atoms with Crippen LogP contribution in [0.25, 0.3) is 34.0 Å². The van der Waals surface area contributed by atoms with Gasteiger partial charge in [0.15, 0.2) is 40.3 Å². The number of hydrogen-bond donors (Lipinski definition) is 0. The molecule has 3 aliphatic rings. The summed E-state index contributed by atoms with van der Waals surface area (Å²) in [5.41, 5.74) is 4.26. The lowest BCUT2D eigenvalue weighted by atomic mass is 9.85. The van der Waals surface area contributed by atoms with E-state index >= 15 is 0 Å². The maximum atomic E-state index is 13.1. The van der Waals surface area contributed by atoms with Crippen molar-refractivity contribution < 1.29 is 80.1 Å². The monoisotopic (exact) mass is 1070 g/mol. The van der Waals surface area contributed by atoms with Crippen LogP contribution in [0.1, 0.15) is 115 Å². The molecule has 0 N–H and O–H groups in total. The van der Waals surface area contributed by atoms with Crippen molar-refractivity contribution in [2.45, 2.75) is 6.92 Å². The van der Waals surface area contributed by atoms with E-state index in [1.54, 1.807) is 122 Å². The summed E-state index contributed by atoms with van der Waals surface area (Å²) in [5.74, 6) is -2.28. The Hall–Kier alpha value is -10.8. The van der Waals surface area contributed by atoms with Crippen molar-refractivity contribution in [2.24, 2.45) is 0 Å². The number of benzene rings is 6. The lowest BCUT2D eigenvalue weighted by Gasteiger charge is -2.14. The molecular weight excluding hydrogens is 1030 g/mol. The van der Waals surface area contributed by atoms with Gasteiger partial charge in [-0.25, -0.2) is 0 Å². The fourth-order valence-corrected chi connectivity index (χ4v) is 9.66. The van der Waals surface area contributed by atoms with Crippen LogP contribution in [0.5, 0.6) is 28.7 Å². The van der Waals surface area contributed by atoms with E-state index in [9.17, 15) is 43.2 Å². The highest BCUT2D eigenvalue weighted by molar-refractivity contribution is 6.55. The smallest absolute Gasteiger partial charge is 0.238 e. The summed E-state index contributed by atoms with van der Waals surface area (Å²) in [6, 6.07) is 34.4. The number of ketones is 9. The number of carbonyl (C=O) groups excluding carboxylic acids is 9. The molecule has 0 atom stereocenters. The Labute approximate surface area is 454 Å². The summed E-state index contributed by atoms with van der Waals surface area (Å²) in [7, 11) is 7.48. The summed E-state index contributed by atoms with van der Waals surface area (Å²) >= 11 is 0. The predicted molar refractivity (Wildman–Crippen MR) is 286 cm³/mol. The first kappa shape index (κ1) is 52.6. The molecule has 0 unspecified atom stereocenters. The number of aryl methyl sites for hydroxylation is 1. The van der Waals surface area contributed by atoms with E-state index in [-0.39, 0.29) is 78.7 Å². The zero-order valence-corrected chi connectivity index (χ0v) is 43.3. The van der Waals surface area contributed by atoms with Gasteiger partial charge in [0, 0.05) is 50.1 Å². The van der Waals surface area contributed by atoms with Gasteiger partial charge in [0.05, 0.1) is 68.9 Å². The van der Waals surface area contributed by atoms with Crippen LogP contribution in [0, 0.1) is 6.92 Å². The normalized spacial score (nSPS) is 12.4. The molecule has 0 saturated heterocycles. The van der Waals surface area contributed by atoms with Crippen molar-refractivity contribution >= 4 is 52.0 Å². The fourth-order valence-electron chi connectivity index (χ4n) is 9.66. The lowest BCUT2D eigenvalue weighted by molar-refractivity contribution is 0.0813. The number of ether oxygens (including phenoxy) is 5. The summed E-state index contributed by atoms with van der Waals surface area (Å²) in [4.78, 5) is 114. The van der Waals surface area contributed by atoms with E-state index in [0.717, 1.165) is 0 Å². The van der Waals surface area contributed by atoms with Gasteiger partial charge >= 0.3 is 0 Å². The third-order valence-electron chi connectivity index (χ3n) is 13.6. The average Bonchev–Trinajstić information content (AvgIpc) is 4.22. The second-order valence-corrected chi connectivity index (χ2v) is 18.0. The van der Waals surface area contributed by atoms with Crippen LogP contribution in [0.3, 0.4) is 0 Å². The molecule has 17 heteroatoms. The highest BCUT2D eigenvalue weighted by atomic mass is 16.5. The molecule has 3 heterocycles. The van der Waals surface area contributed by atoms with Gasteiger partial charge in [-0.3, -0.25) is 43.2 Å². The van der Waals surface area contributed by atoms with Crippen LogP contribution < -0.4 is 23.7 Å². The SMILES string of the molecule is COc1cc(C(=O)c2coc3c2C(=O)C(=O)c2ccccc2-3)cc(C)c1OC.COc1ccc(C(=O)c2coc3c2C(=O)C(=O)c2ccccc2-3)cc1.COc1ccc(C(=O)c2coc3c2C(=O)C(=O)c2ccccc2-3)cc1OC. The van der Waals surface area contributed by atoms with Crippen molar-refractivity contribution in [3.63, 3.8) is 0 Å². The molecule has 0 amide bonds. The molecule has 12 rings (SSSR count). The molecule has 396 valence electrons. The molecular formula is C63H42O17. The van der Waals surface area contributed by atoms with E-state index < -0.39 is 46.3 Å². The first-order valence-corrected chi connectivity index (χ1v) is 24.3. The van der Waals surface area contributed by atoms with Crippen LogP contribution in [-0.2, 0) is 0 Å². The van der Waals surface area contributed by atoms with Crippen molar-refractivity contribution in [2.75, 3.05) is 35.5 Å². The first-order chi connectivity index (χ1) is 38.6. The Morgan fingerprint density at radius 2 is 0.713 bits per heavy atom. The maximum Gasteiger partial charge on any atom is 0.238 e. The number of Topliss-reactive ketones (excluding diaryl/α,β-unsaturated/α-hetero) is 6. The predicted octanol–water partition coefficient (Wildman–Crippen LogP) is 11.0. The average molecular weight is 1070 g/mol. The lowest BCUT2D eigenvalue weighted by Crippen LogP contribution is -2.22. The van der Waals surface area contributed by atoms with Crippen molar-refractivity contribution in [3.05, 3.63) is 219 Å². The molecule has 0 fully saturated rings. The molecule has 17 nitrogen and oxygen atoms in total. The first-order valence-electron chi connectivity index (χ1n) is 24.3. The number of hydrogen-bond acceptors (Lipinski definition) is 17. The molecule has 80 heavy (non-hydrogen) atoms. The van der Waals surface area contributed by atoms with Crippen LogP contribution in [0.2, 0.25) is 0 Å². The van der Waals surface area contributed by atoms with Gasteiger partial charge in [-0.1, -0.05) is 72.8 Å². The van der Waals surface area contributed by atoms with Crippen LogP contribution in [0.4, 0.5) is 0 Å². The van der Waals surface area contributed by atoms with Gasteiger partial charge in [-0.2, -0.15) is 0 Å². The summed E-state index contributed by atoms with van der Waals surface area (Å²) in [6.45, 7) is 1.79. The number of rotatable bonds is 11. The van der Waals surface area contributed by atoms with Gasteiger partial charge in [0.1, 0.15) is 41.8 Å². The van der Waals surface area contributed by atoms with E-state index in [4.69, 9.17) is 36.9 Å². The number of furan rings is 3. The number of fused-ring (bicyclic) bond motifs is 9. The number of carbonyl (C=O) groups is 9. The van der Waals surface area contributed by atoms with Gasteiger partial charge in [-0.05, 0) is 67.1 Å². The molecule has 3 aromatic heterocycles. The molecule has 0 radical (unpaired) electrons. The van der Waals surface area contributed by atoms with Crippen LogP contribution in [-0.4, -0.2) is 87.6 Å². The third kappa shape index (κ3) is 8.87. The maximum absolute atomic E-state index is 13.1. The van der Waals surface area contributed by atoms with Crippen molar-refractivity contribution in [3.8, 4) is 62.7 Å². The minimum absolute atomic E-state index is 0.00105. The van der Waals surface area contributed by atoms with Gasteiger partial charge in [0.25, 0.3) is 0 Å². The van der Waals surface area contributed by atoms with Crippen molar-refractivity contribution in [1.29, 1.82) is 0 Å². The minimum atomic E-state index is -0.749. The zero-order valence-electron chi connectivity index (χ0n) is 43.3. The highest BCUT2D eigenvalue weighted by Gasteiger charge is 2.40. The summed E-state index contributed by atoms with van der Waals surface area (Å²) in [6.07, 6.45) is 3.69. The van der Waals surface area contributed by atoms with Crippen LogP contribution in [0.15, 0.2) is 159 Å². The molecule has 0 spiro atoms. The second kappa shape index (κ2) is 21.3. The Balaban J connectivity index is 0.000000135. The van der Waals surface area contributed by atoms with E-state index in [1.165, 1.54) is 66.5 Å². The number of methoxy groups -OCH3 is 5. The minimum Gasteiger partial charge on any atom is -0.497 e. The molecule has 0 bridgehead atoms. The summed E-state index contributed by atoms with van der Waals surface area (Å²) < 4.78 is 42.6. The van der Waals surface area contributed by atoms with E-state index in [0.29, 0.717) is 62.1 Å². The zero-order chi connectivity index (χ0) is 56.7. The topological polar surface area (TPSA) is 239 Å². The molecule has 6 aromatic carbocycles. The second-order valence-electron chi connectivity index (χ2n) is 18.0. The van der Waals surface area contributed by atoms with Gasteiger partial charge in [-0.15, -0.1) is 0 Å². The quantitative estimate of drug-likeness (QED) is 0.0864. The third-order valence-corrected chi connectivity index (χ3v) is 13.6. The Kier molecular flexibility index (Phi) is 14.0. The van der Waals surface area contributed by atoms with E-state index in [1.807, 2.05) is 0 Å². The molecule has 0 saturated carbocycles. The Morgan fingerprint density at radius 3 is 1.10 bits per heavy atom. The highest BCUT2D eigenvalue weighted by Crippen LogP contribution is 2.41. The molecule has 9 aromatic rings. The van der Waals surface area contributed by atoms with Crippen LogP contribution >= 0.6 is 0 Å². The standard InChI is InChI=1S/C22H16O6.C21H14O6.C20H12O5/c1-11-8-12(9-16(26-2)21(11)27-3)18(23)15-10-28-22-14-7-5-4-6-13(14)19(24)20(25)17(15)22;1-25-15-8-7-11(9-16(15)26-2)18(22)14-10-27-21-13-6-4-3-5-12(13)19(23)20(24)17(14)21;1-24-12-8-6-11(7-9-12)17(21)15-10-25-20-14-5-3-2-4-13(14)18(22)19(23)16(15)20/h4-10H,1-3H3;3-10H,1-2H3;2-10H,1H3. The van der Waals surface area contributed by atoms with Crippen molar-refractivity contribution in [1.82, 2.24) is 0 Å². The summed E-state index contributed by atoms with van der Waals surface area (Å²) in [5, 5.41) is 0. The Bertz CT molecular complexity index is 4120. The van der Waals surface area contributed by atoms with Gasteiger partial charge in [0.2, 0.25) is 34.7 Å². The molecule has 3 aliphatic carbocycles. The van der Waals surface area contributed by atoms with Gasteiger partial charge < -0.3 is 36.9 Å². The fraction of sp³-hybridized carbons (Fsp3) is 0.0952.